The summed E-state index contributed by atoms with van der Waals surface area (Å²) >= 11 is 0. The fourth-order valence-corrected chi connectivity index (χ4v) is 3.56. The van der Waals surface area contributed by atoms with Crippen LogP contribution in [0.3, 0.4) is 0 Å². The van der Waals surface area contributed by atoms with Crippen LogP contribution in [-0.4, -0.2) is 12.3 Å². The van der Waals surface area contributed by atoms with Crippen LogP contribution in [0.1, 0.15) is 79.1 Å². The van der Waals surface area contributed by atoms with Crippen LogP contribution in [0.25, 0.3) is 0 Å². The van der Waals surface area contributed by atoms with E-state index in [9.17, 15) is 18.9 Å². The van der Waals surface area contributed by atoms with E-state index in [1.165, 1.54) is 38.5 Å². The smallest absolute Gasteiger partial charge is 0.596 e. The quantitative estimate of drug-likeness (QED) is 0.347. The zero-order valence-corrected chi connectivity index (χ0v) is 17.9. The number of hydrogen-bond donors (Lipinski definition) is 0. The van der Waals surface area contributed by atoms with Gasteiger partial charge in [-0.3, -0.25) is 0 Å². The van der Waals surface area contributed by atoms with Crippen LogP contribution in [0, 0.1) is 11.8 Å². The molecule has 23 heavy (non-hydrogen) atoms. The van der Waals surface area contributed by atoms with Gasteiger partial charge in [0.05, 0.1) is 0 Å². The minimum absolute atomic E-state index is 0. The third kappa shape index (κ3) is 27.7. The van der Waals surface area contributed by atoms with Crippen molar-refractivity contribution in [1.29, 1.82) is 0 Å². The monoisotopic (exact) mass is 411 g/mol. The molecule has 0 aliphatic heterocycles. The van der Waals surface area contributed by atoms with Crippen molar-refractivity contribution < 1.29 is 35.7 Å². The second-order valence-electron chi connectivity index (χ2n) is 6.23. The summed E-state index contributed by atoms with van der Waals surface area (Å²) in [6.45, 7) is 8.30. The van der Waals surface area contributed by atoms with E-state index in [0.717, 1.165) is 12.8 Å². The van der Waals surface area contributed by atoms with Gasteiger partial charge in [-0.15, -0.1) is 0 Å². The Morgan fingerprint density at radius 1 is 0.739 bits per heavy atom. The first kappa shape index (κ1) is 28.4. The van der Waals surface area contributed by atoms with Crippen molar-refractivity contribution in [3.63, 3.8) is 0 Å². The molecule has 0 aromatic carbocycles. The summed E-state index contributed by atoms with van der Waals surface area (Å²) in [4.78, 5) is 20.6. The molecule has 138 valence electrons. The Labute approximate surface area is 155 Å². The van der Waals surface area contributed by atoms with Crippen molar-refractivity contribution in [2.75, 3.05) is 12.3 Å². The van der Waals surface area contributed by atoms with Gasteiger partial charge >= 0.3 is 32.8 Å². The summed E-state index contributed by atoms with van der Waals surface area (Å²) in [5.74, 6) is 0.699. The largest absolute Gasteiger partial charge is 3.00 e. The third-order valence-electron chi connectivity index (χ3n) is 3.52. The van der Waals surface area contributed by atoms with E-state index in [2.05, 4.69) is 13.8 Å². The molecule has 4 unspecified atom stereocenters. The Morgan fingerprint density at radius 2 is 1.04 bits per heavy atom. The molecule has 4 atom stereocenters. The van der Waals surface area contributed by atoms with Gasteiger partial charge < -0.3 is 9.79 Å². The topological polar surface area (TPSA) is 80.3 Å². The standard InChI is InChI=1S/2C8H17O2P.Co/c2*1-3-4-5-6-8(2)7-11(9)10;/h2*8H,3-7H2,1-2H3;/q;;+3. The molecule has 7 heteroatoms. The van der Waals surface area contributed by atoms with Gasteiger partial charge in [0.1, 0.15) is 12.3 Å². The van der Waals surface area contributed by atoms with Gasteiger partial charge in [0.15, 0.2) is 0 Å². The zero-order valence-electron chi connectivity index (χ0n) is 15.1. The van der Waals surface area contributed by atoms with Crippen LogP contribution in [0.4, 0.5) is 0 Å². The summed E-state index contributed by atoms with van der Waals surface area (Å²) in [5, 5.41) is 0. The molecule has 0 saturated heterocycles. The predicted octanol–water partition coefficient (Wildman–Crippen LogP) is 4.61. The van der Waals surface area contributed by atoms with E-state index in [4.69, 9.17) is 0 Å². The van der Waals surface area contributed by atoms with Gasteiger partial charge in [0.2, 0.25) is 0 Å². The molecule has 0 bridgehead atoms. The molecule has 0 aromatic heterocycles. The number of hydrogen-bond acceptors (Lipinski definition) is 4. The van der Waals surface area contributed by atoms with Crippen LogP contribution in [0.5, 0.6) is 0 Å². The van der Waals surface area contributed by atoms with E-state index < -0.39 is 16.1 Å². The SMILES string of the molecule is CCCCCC(C)C[P+](=O)[O-].CCCCCC(C)C[P+](=O)[O-].[Co+3]. The molecule has 0 aromatic rings. The fraction of sp³-hybridized carbons (Fsp3) is 1.00. The zero-order chi connectivity index (χ0) is 17.4. The molecule has 0 aliphatic rings. The van der Waals surface area contributed by atoms with Gasteiger partial charge in [0, 0.05) is 0 Å². The molecule has 0 amide bonds. The first-order valence-corrected chi connectivity index (χ1v) is 11.3. The van der Waals surface area contributed by atoms with Gasteiger partial charge in [-0.05, 0) is 24.7 Å². The predicted molar refractivity (Wildman–Crippen MR) is 91.6 cm³/mol. The molecule has 0 spiro atoms. The Kier molecular flexibility index (Phi) is 25.6. The van der Waals surface area contributed by atoms with Crippen molar-refractivity contribution in [3.05, 3.63) is 0 Å². The van der Waals surface area contributed by atoms with Gasteiger partial charge in [0.25, 0.3) is 0 Å². The first-order chi connectivity index (χ1) is 10.3. The Hall–Kier alpha value is 0.626. The molecule has 0 aliphatic carbocycles. The third-order valence-corrected chi connectivity index (χ3v) is 5.37. The summed E-state index contributed by atoms with van der Waals surface area (Å²) in [7, 11) is -4.32. The van der Waals surface area contributed by atoms with E-state index in [0.29, 0.717) is 24.2 Å². The minimum atomic E-state index is -2.16. The van der Waals surface area contributed by atoms with E-state index >= 15 is 0 Å². The summed E-state index contributed by atoms with van der Waals surface area (Å²) in [5.41, 5.74) is 0. The van der Waals surface area contributed by atoms with Gasteiger partial charge in [-0.2, -0.15) is 0 Å². The fourth-order valence-electron chi connectivity index (χ4n) is 2.18. The van der Waals surface area contributed by atoms with Crippen molar-refractivity contribution in [2.45, 2.75) is 79.1 Å². The molecule has 0 fully saturated rings. The van der Waals surface area contributed by atoms with Crippen LogP contribution < -0.4 is 9.79 Å². The number of unbranched alkanes of at least 4 members (excludes halogenated alkanes) is 4. The average Bonchev–Trinajstić information content (AvgIpc) is 2.38. The Morgan fingerprint density at radius 3 is 1.26 bits per heavy atom. The maximum absolute atomic E-state index is 10.3. The summed E-state index contributed by atoms with van der Waals surface area (Å²) in [6, 6.07) is 0. The Bertz CT molecular complexity index is 263. The molecule has 0 N–H and O–H groups in total. The molecular formula is C16H34CoO4P2+3. The van der Waals surface area contributed by atoms with E-state index in [1.54, 1.807) is 0 Å². The van der Waals surface area contributed by atoms with E-state index in [1.807, 2.05) is 13.8 Å². The van der Waals surface area contributed by atoms with Crippen LogP contribution in [-0.2, 0) is 25.9 Å². The average molecular weight is 411 g/mol. The summed E-state index contributed by atoms with van der Waals surface area (Å²) in [6.07, 6.45) is 10.0. The van der Waals surface area contributed by atoms with Crippen LogP contribution in [0.15, 0.2) is 0 Å². The first-order valence-electron chi connectivity index (χ1n) is 8.56. The maximum atomic E-state index is 10.3. The minimum Gasteiger partial charge on any atom is -0.596 e. The van der Waals surface area contributed by atoms with Crippen LogP contribution in [0.2, 0.25) is 0 Å². The maximum Gasteiger partial charge on any atom is 3.00 e. The van der Waals surface area contributed by atoms with Crippen molar-refractivity contribution in [2.24, 2.45) is 11.8 Å². The second-order valence-corrected chi connectivity index (χ2v) is 8.29. The van der Waals surface area contributed by atoms with Crippen molar-refractivity contribution in [1.82, 2.24) is 0 Å². The molecular weight excluding hydrogens is 377 g/mol. The molecule has 0 heterocycles. The van der Waals surface area contributed by atoms with Gasteiger partial charge in [-0.1, -0.05) is 75.3 Å². The molecule has 4 nitrogen and oxygen atoms in total. The summed E-state index contributed by atoms with van der Waals surface area (Å²) < 4.78 is 20.6. The van der Waals surface area contributed by atoms with E-state index in [-0.39, 0.29) is 16.8 Å². The Balaban J connectivity index is -0.000000333. The molecule has 0 rings (SSSR count). The second kappa shape index (κ2) is 20.7. The van der Waals surface area contributed by atoms with Gasteiger partial charge in [-0.25, -0.2) is 0 Å². The van der Waals surface area contributed by atoms with Crippen molar-refractivity contribution >= 4 is 16.1 Å². The van der Waals surface area contributed by atoms with Crippen LogP contribution >= 0.6 is 16.1 Å². The number of rotatable bonds is 12. The van der Waals surface area contributed by atoms with Crippen molar-refractivity contribution in [3.8, 4) is 0 Å². The normalized spacial score (nSPS) is 14.0. The molecule has 0 saturated carbocycles. The molecule has 0 radical (unpaired) electrons.